The van der Waals surface area contributed by atoms with Crippen LogP contribution in [0.3, 0.4) is 0 Å². The average molecular weight is 230 g/mol. The van der Waals surface area contributed by atoms with Gasteiger partial charge >= 0.3 is 76.1 Å². The molecule has 4 heteroatoms. The van der Waals surface area contributed by atoms with Crippen LogP contribution in [0.25, 0.3) is 0 Å². The van der Waals surface area contributed by atoms with E-state index in [1.165, 1.54) is 7.11 Å². The molecule has 0 radical (unpaired) electrons. The number of hydrogen-bond acceptors (Lipinski definition) is 3. The van der Waals surface area contributed by atoms with Gasteiger partial charge in [-0.1, -0.05) is 0 Å². The summed E-state index contributed by atoms with van der Waals surface area (Å²) in [6, 6.07) is 9.59. The zero-order valence-electron chi connectivity index (χ0n) is 6.82. The molecule has 0 spiro atoms. The topological polar surface area (TPSA) is 35.5 Å². The van der Waals surface area contributed by atoms with Crippen molar-refractivity contribution < 1.29 is 11.2 Å². The van der Waals surface area contributed by atoms with E-state index in [2.05, 4.69) is 3.73 Å². The second-order valence-corrected chi connectivity index (χ2v) is 4.74. The molecule has 0 fully saturated rings. The summed E-state index contributed by atoms with van der Waals surface area (Å²) in [6.07, 6.45) is 0. The van der Waals surface area contributed by atoms with Gasteiger partial charge in [0.25, 0.3) is 0 Å². The van der Waals surface area contributed by atoms with Crippen LogP contribution in [0.15, 0.2) is 30.3 Å². The van der Waals surface area contributed by atoms with Crippen LogP contribution >= 0.6 is 0 Å². The van der Waals surface area contributed by atoms with Crippen molar-refractivity contribution in [1.29, 1.82) is 0 Å². The second kappa shape index (κ2) is 5.20. The van der Waals surface area contributed by atoms with Crippen molar-refractivity contribution in [3.63, 3.8) is 0 Å². The van der Waals surface area contributed by atoms with Gasteiger partial charge in [-0.3, -0.25) is 0 Å². The summed E-state index contributed by atoms with van der Waals surface area (Å²) in [4.78, 5) is 0. The Balaban J connectivity index is 2.38. The van der Waals surface area contributed by atoms with Gasteiger partial charge < -0.3 is 0 Å². The van der Waals surface area contributed by atoms with E-state index in [-0.39, 0.29) is 0 Å². The first-order valence-corrected chi connectivity index (χ1v) is 6.14. The zero-order chi connectivity index (χ0) is 8.81. The van der Waals surface area contributed by atoms with Crippen LogP contribution in [0, 0.1) is 0 Å². The van der Waals surface area contributed by atoms with Gasteiger partial charge in [-0.2, -0.15) is 0 Å². The van der Waals surface area contributed by atoms with E-state index in [1.54, 1.807) is 0 Å². The Labute approximate surface area is 76.5 Å². The summed E-state index contributed by atoms with van der Waals surface area (Å²) in [7, 11) is 1.40. The molecule has 0 heterocycles. The Morgan fingerprint density at radius 2 is 2.00 bits per heavy atom. The molecule has 1 unspecified atom stereocenters. The fourth-order valence-electron chi connectivity index (χ4n) is 0.775. The summed E-state index contributed by atoms with van der Waals surface area (Å²) < 4.78 is 20.3. The first kappa shape index (κ1) is 9.59. The molecule has 0 saturated heterocycles. The second-order valence-electron chi connectivity index (χ2n) is 2.23. The molecule has 1 aromatic carbocycles. The molecule has 0 saturated carbocycles. The maximum absolute atomic E-state index is 10.8. The van der Waals surface area contributed by atoms with Crippen molar-refractivity contribution in [2.75, 3.05) is 7.11 Å². The SMILES string of the molecule is CO[AsH](=O)OCc1ccccc1. The Kier molecular flexibility index (Phi) is 4.15. The standard InChI is InChI=1S/C8H11AsO3/c1-11-9(10)12-7-8-5-3-2-4-6-8/h2-6,9H,7H2,1H3. The Morgan fingerprint density at radius 1 is 1.33 bits per heavy atom. The number of rotatable bonds is 4. The third kappa shape index (κ3) is 3.26. The average Bonchev–Trinajstić information content (AvgIpc) is 2.16. The van der Waals surface area contributed by atoms with Gasteiger partial charge in [-0.15, -0.1) is 0 Å². The van der Waals surface area contributed by atoms with Crippen molar-refractivity contribution in [2.45, 2.75) is 6.61 Å². The molecular formula is C8H11AsO3. The molecule has 1 aromatic rings. The van der Waals surface area contributed by atoms with Crippen molar-refractivity contribution in [3.8, 4) is 0 Å². The molecule has 1 atom stereocenters. The molecule has 12 heavy (non-hydrogen) atoms. The van der Waals surface area contributed by atoms with Gasteiger partial charge in [-0.25, -0.2) is 0 Å². The summed E-state index contributed by atoms with van der Waals surface area (Å²) >= 11 is -2.84. The first-order valence-electron chi connectivity index (χ1n) is 3.57. The predicted octanol–water partition coefficient (Wildman–Crippen LogP) is 0.997. The monoisotopic (exact) mass is 230 g/mol. The summed E-state index contributed by atoms with van der Waals surface area (Å²) in [6.45, 7) is 0.369. The third-order valence-corrected chi connectivity index (χ3v) is 2.86. The van der Waals surface area contributed by atoms with Crippen LogP contribution < -0.4 is 0 Å². The normalized spacial score (nSPS) is 12.8. The Hall–Kier alpha value is -0.502. The fourth-order valence-corrected chi connectivity index (χ4v) is 1.62. The van der Waals surface area contributed by atoms with Crippen molar-refractivity contribution in [2.24, 2.45) is 0 Å². The van der Waals surface area contributed by atoms with E-state index in [0.717, 1.165) is 5.56 Å². The van der Waals surface area contributed by atoms with Crippen molar-refractivity contribution in [1.82, 2.24) is 0 Å². The molecule has 0 aliphatic carbocycles. The van der Waals surface area contributed by atoms with Gasteiger partial charge in [0, 0.05) is 0 Å². The zero-order valence-corrected chi connectivity index (χ0v) is 8.92. The van der Waals surface area contributed by atoms with E-state index in [1.807, 2.05) is 30.3 Å². The molecule has 0 amide bonds. The van der Waals surface area contributed by atoms with Crippen LogP contribution in [0.5, 0.6) is 0 Å². The molecule has 1 rings (SSSR count). The van der Waals surface area contributed by atoms with E-state index < -0.39 is 15.3 Å². The predicted molar refractivity (Wildman–Crippen MR) is 46.1 cm³/mol. The van der Waals surface area contributed by atoms with Crippen molar-refractivity contribution in [3.05, 3.63) is 35.9 Å². The van der Waals surface area contributed by atoms with Crippen molar-refractivity contribution >= 4 is 15.3 Å². The van der Waals surface area contributed by atoms with E-state index in [0.29, 0.717) is 6.61 Å². The fraction of sp³-hybridized carbons (Fsp3) is 0.250. The molecule has 0 bridgehead atoms. The molecular weight excluding hydrogens is 219 g/mol. The number of benzene rings is 1. The molecule has 0 aliphatic heterocycles. The van der Waals surface area contributed by atoms with Gasteiger partial charge in [0.2, 0.25) is 0 Å². The van der Waals surface area contributed by atoms with Crippen LogP contribution in [0.2, 0.25) is 0 Å². The summed E-state index contributed by atoms with van der Waals surface area (Å²) in [5.74, 6) is 0. The van der Waals surface area contributed by atoms with Gasteiger partial charge in [0.1, 0.15) is 0 Å². The summed E-state index contributed by atoms with van der Waals surface area (Å²) in [5, 5.41) is 0. The minimum absolute atomic E-state index is 0.369. The van der Waals surface area contributed by atoms with Crippen LogP contribution in [-0.4, -0.2) is 22.4 Å². The van der Waals surface area contributed by atoms with Gasteiger partial charge in [-0.05, 0) is 0 Å². The van der Waals surface area contributed by atoms with Crippen LogP contribution in [0.4, 0.5) is 0 Å². The molecule has 0 aliphatic rings. The molecule has 66 valence electrons. The summed E-state index contributed by atoms with van der Waals surface area (Å²) in [5.41, 5.74) is 1.01. The molecule has 0 N–H and O–H groups in total. The Morgan fingerprint density at radius 3 is 2.58 bits per heavy atom. The Bertz CT molecular complexity index is 248. The van der Waals surface area contributed by atoms with Crippen LogP contribution in [0.1, 0.15) is 5.56 Å². The van der Waals surface area contributed by atoms with E-state index >= 15 is 0 Å². The van der Waals surface area contributed by atoms with E-state index in [4.69, 9.17) is 3.73 Å². The minimum atomic E-state index is -2.84. The van der Waals surface area contributed by atoms with E-state index in [9.17, 15) is 3.74 Å². The van der Waals surface area contributed by atoms with Crippen LogP contribution in [-0.2, 0) is 17.8 Å². The molecule has 0 aromatic heterocycles. The first-order chi connectivity index (χ1) is 5.83. The number of hydrogen-bond donors (Lipinski definition) is 0. The third-order valence-electron chi connectivity index (χ3n) is 1.37. The maximum atomic E-state index is 10.8. The quantitative estimate of drug-likeness (QED) is 0.724. The molecule has 3 nitrogen and oxygen atoms in total. The van der Waals surface area contributed by atoms with Gasteiger partial charge in [0.05, 0.1) is 0 Å². The van der Waals surface area contributed by atoms with Gasteiger partial charge in [0.15, 0.2) is 0 Å².